The van der Waals surface area contributed by atoms with Gasteiger partial charge in [-0.15, -0.1) is 24.0 Å². The Labute approximate surface area is 212 Å². The molecule has 2 aromatic carbocycles. The number of guanidine groups is 1. The molecule has 0 bridgehead atoms. The molecule has 0 aliphatic carbocycles. The van der Waals surface area contributed by atoms with E-state index in [1.807, 2.05) is 48.1 Å². The highest BCUT2D eigenvalue weighted by Crippen LogP contribution is 2.34. The van der Waals surface area contributed by atoms with Crippen molar-refractivity contribution >= 4 is 29.9 Å². The van der Waals surface area contributed by atoms with Crippen LogP contribution in [-0.2, 0) is 19.6 Å². The first-order valence-corrected chi connectivity index (χ1v) is 10.5. The molecule has 0 atom stereocenters. The fourth-order valence-corrected chi connectivity index (χ4v) is 3.35. The number of benzene rings is 2. The summed E-state index contributed by atoms with van der Waals surface area (Å²) >= 11 is 0. The molecule has 0 saturated carbocycles. The van der Waals surface area contributed by atoms with Crippen LogP contribution in [0.2, 0.25) is 0 Å². The Balaban J connectivity index is 0.00000385. The number of hydrogen-bond donors (Lipinski definition) is 2. The van der Waals surface area contributed by atoms with E-state index < -0.39 is 0 Å². The maximum Gasteiger partial charge on any atom is 0.191 e. The van der Waals surface area contributed by atoms with Crippen molar-refractivity contribution in [2.75, 3.05) is 27.9 Å². The van der Waals surface area contributed by atoms with Crippen LogP contribution in [0.3, 0.4) is 0 Å². The van der Waals surface area contributed by atoms with Crippen molar-refractivity contribution in [3.05, 3.63) is 71.5 Å². The van der Waals surface area contributed by atoms with E-state index in [4.69, 9.17) is 19.2 Å². The summed E-state index contributed by atoms with van der Waals surface area (Å²) in [6.07, 6.45) is 3.76. The van der Waals surface area contributed by atoms with Crippen LogP contribution < -0.4 is 24.8 Å². The lowest BCUT2D eigenvalue weighted by atomic mass is 10.1. The highest BCUT2D eigenvalue weighted by molar-refractivity contribution is 14.0. The minimum absolute atomic E-state index is 0. The molecule has 0 aliphatic heterocycles. The molecule has 178 valence electrons. The van der Waals surface area contributed by atoms with Gasteiger partial charge in [0.2, 0.25) is 0 Å². The van der Waals surface area contributed by atoms with E-state index in [2.05, 4.69) is 27.9 Å². The number of halogens is 1. The molecule has 0 unspecified atom stereocenters. The third-order valence-electron chi connectivity index (χ3n) is 4.99. The maximum atomic E-state index is 5.52. The predicted molar refractivity (Wildman–Crippen MR) is 141 cm³/mol. The maximum absolute atomic E-state index is 5.52. The van der Waals surface area contributed by atoms with Crippen molar-refractivity contribution in [2.45, 2.75) is 26.6 Å². The van der Waals surface area contributed by atoms with Gasteiger partial charge in [0.15, 0.2) is 17.5 Å². The number of aliphatic imine (C=N–C) groups is 1. The summed E-state index contributed by atoms with van der Waals surface area (Å²) in [4.78, 5) is 4.74. The van der Waals surface area contributed by atoms with Crippen LogP contribution >= 0.6 is 24.0 Å². The van der Waals surface area contributed by atoms with Crippen LogP contribution in [0.5, 0.6) is 17.2 Å². The first kappa shape index (κ1) is 26.3. The molecule has 3 aromatic rings. The Morgan fingerprint density at radius 1 is 0.909 bits per heavy atom. The van der Waals surface area contributed by atoms with Crippen molar-refractivity contribution in [3.8, 4) is 17.2 Å². The predicted octanol–water partition coefficient (Wildman–Crippen LogP) is 3.83. The lowest BCUT2D eigenvalue weighted by molar-refractivity contribution is 0.347. The van der Waals surface area contributed by atoms with E-state index in [9.17, 15) is 0 Å². The summed E-state index contributed by atoms with van der Waals surface area (Å²) in [7, 11) is 4.85. The van der Waals surface area contributed by atoms with Crippen LogP contribution in [0.4, 0.5) is 0 Å². The number of methoxy groups -OCH3 is 3. The summed E-state index contributed by atoms with van der Waals surface area (Å²) in [5.41, 5.74) is 3.31. The first-order valence-electron chi connectivity index (χ1n) is 10.5. The summed E-state index contributed by atoms with van der Waals surface area (Å²) in [6.45, 7) is 4.59. The van der Waals surface area contributed by atoms with Gasteiger partial charge in [-0.25, -0.2) is 4.99 Å². The SMILES string of the molecule is CCNC(=NCc1cc(OC)c(OC)cc1OC)NCc1ccccc1Cn1cccn1.I. The van der Waals surface area contributed by atoms with E-state index in [0.29, 0.717) is 30.3 Å². The van der Waals surface area contributed by atoms with Crippen LogP contribution in [0.25, 0.3) is 0 Å². The Morgan fingerprint density at radius 2 is 1.61 bits per heavy atom. The zero-order chi connectivity index (χ0) is 22.8. The third-order valence-corrected chi connectivity index (χ3v) is 4.99. The standard InChI is InChI=1S/C24H31N5O3.HI/c1-5-25-24(27-16-20-13-22(31-3)23(32-4)14-21(20)30-2)26-15-18-9-6-7-10-19(18)17-29-12-8-11-28-29;/h6-14H,5,15-17H2,1-4H3,(H2,25,26,27);1H. The van der Waals surface area contributed by atoms with Gasteiger partial charge in [-0.2, -0.15) is 5.10 Å². The highest BCUT2D eigenvalue weighted by Gasteiger charge is 2.12. The van der Waals surface area contributed by atoms with E-state index >= 15 is 0 Å². The van der Waals surface area contributed by atoms with Crippen LogP contribution in [-0.4, -0.2) is 43.6 Å². The smallest absolute Gasteiger partial charge is 0.191 e. The number of rotatable bonds is 10. The molecule has 0 radical (unpaired) electrons. The summed E-state index contributed by atoms with van der Waals surface area (Å²) in [5, 5.41) is 11.0. The van der Waals surface area contributed by atoms with Crippen molar-refractivity contribution in [3.63, 3.8) is 0 Å². The van der Waals surface area contributed by atoms with Gasteiger partial charge in [0.1, 0.15) is 5.75 Å². The van der Waals surface area contributed by atoms with Gasteiger partial charge in [-0.05, 0) is 30.2 Å². The molecule has 0 aliphatic rings. The number of nitrogens with one attached hydrogen (secondary N) is 2. The molecule has 3 rings (SSSR count). The lowest BCUT2D eigenvalue weighted by Gasteiger charge is -2.15. The van der Waals surface area contributed by atoms with Crippen molar-refractivity contribution in [1.82, 2.24) is 20.4 Å². The van der Waals surface area contributed by atoms with Gasteiger partial charge in [0, 0.05) is 37.1 Å². The van der Waals surface area contributed by atoms with Crippen LogP contribution in [0.1, 0.15) is 23.6 Å². The molecule has 0 fully saturated rings. The van der Waals surface area contributed by atoms with Gasteiger partial charge in [0.25, 0.3) is 0 Å². The van der Waals surface area contributed by atoms with E-state index in [0.717, 1.165) is 24.6 Å². The quantitative estimate of drug-likeness (QED) is 0.221. The largest absolute Gasteiger partial charge is 0.496 e. The number of aromatic nitrogens is 2. The molecule has 8 nitrogen and oxygen atoms in total. The number of hydrogen-bond acceptors (Lipinski definition) is 5. The zero-order valence-electron chi connectivity index (χ0n) is 19.5. The molecule has 0 saturated heterocycles. The van der Waals surface area contributed by atoms with Gasteiger partial charge in [-0.3, -0.25) is 4.68 Å². The fourth-order valence-electron chi connectivity index (χ4n) is 3.35. The molecule has 33 heavy (non-hydrogen) atoms. The summed E-state index contributed by atoms with van der Waals surface area (Å²) in [5.74, 6) is 2.69. The van der Waals surface area contributed by atoms with E-state index in [1.54, 1.807) is 27.5 Å². The van der Waals surface area contributed by atoms with Crippen LogP contribution in [0.15, 0.2) is 59.9 Å². The zero-order valence-corrected chi connectivity index (χ0v) is 21.8. The molecular formula is C24H32IN5O3. The molecule has 0 spiro atoms. The van der Waals surface area contributed by atoms with Gasteiger partial charge >= 0.3 is 0 Å². The summed E-state index contributed by atoms with van der Waals surface area (Å²) < 4.78 is 18.2. The molecule has 1 aromatic heterocycles. The van der Waals surface area contributed by atoms with Gasteiger partial charge in [-0.1, -0.05) is 24.3 Å². The Bertz CT molecular complexity index is 1020. The second-order valence-electron chi connectivity index (χ2n) is 7.04. The molecule has 1 heterocycles. The minimum Gasteiger partial charge on any atom is -0.496 e. The molecule has 2 N–H and O–H groups in total. The molecule has 0 amide bonds. The average Bonchev–Trinajstić information content (AvgIpc) is 3.34. The van der Waals surface area contributed by atoms with E-state index in [-0.39, 0.29) is 24.0 Å². The first-order chi connectivity index (χ1) is 15.7. The number of ether oxygens (including phenoxy) is 3. The van der Waals surface area contributed by atoms with Crippen LogP contribution in [0, 0.1) is 0 Å². The molecular weight excluding hydrogens is 533 g/mol. The lowest BCUT2D eigenvalue weighted by Crippen LogP contribution is -2.37. The molecule has 9 heteroatoms. The van der Waals surface area contributed by atoms with Crippen molar-refractivity contribution in [2.24, 2.45) is 4.99 Å². The Morgan fingerprint density at radius 3 is 2.24 bits per heavy atom. The Kier molecular flexibility index (Phi) is 10.8. The van der Waals surface area contributed by atoms with Crippen molar-refractivity contribution < 1.29 is 14.2 Å². The highest BCUT2D eigenvalue weighted by atomic mass is 127. The summed E-state index contributed by atoms with van der Waals surface area (Å²) in [6, 6.07) is 14.0. The number of nitrogens with zero attached hydrogens (tertiary/aromatic N) is 3. The van der Waals surface area contributed by atoms with Gasteiger partial charge < -0.3 is 24.8 Å². The monoisotopic (exact) mass is 565 g/mol. The average molecular weight is 565 g/mol. The minimum atomic E-state index is 0. The second-order valence-corrected chi connectivity index (χ2v) is 7.04. The second kappa shape index (κ2) is 13.6. The Hall–Kier alpha value is -2.95. The fraction of sp³-hybridized carbons (Fsp3) is 0.333. The van der Waals surface area contributed by atoms with Crippen molar-refractivity contribution in [1.29, 1.82) is 0 Å². The topological polar surface area (TPSA) is 81.9 Å². The van der Waals surface area contributed by atoms with Gasteiger partial charge in [0.05, 0.1) is 34.4 Å². The third kappa shape index (κ3) is 7.28. The normalized spacial score (nSPS) is 10.8. The van der Waals surface area contributed by atoms with E-state index in [1.165, 1.54) is 11.1 Å².